The molecule has 1 aliphatic carbocycles. The van der Waals surface area contributed by atoms with Crippen LogP contribution in [0.4, 0.5) is 5.82 Å². The van der Waals surface area contributed by atoms with Crippen LogP contribution in [0.25, 0.3) is 10.9 Å². The number of carbonyl (C=O) groups is 1. The average molecular weight is 284 g/mol. The second-order valence-corrected chi connectivity index (χ2v) is 5.50. The second kappa shape index (κ2) is 6.52. The third-order valence-corrected chi connectivity index (χ3v) is 3.93. The van der Waals surface area contributed by atoms with Crippen molar-refractivity contribution in [2.45, 2.75) is 38.1 Å². The highest BCUT2D eigenvalue weighted by Gasteiger charge is 2.15. The Morgan fingerprint density at radius 1 is 1.14 bits per heavy atom. The number of anilines is 1. The van der Waals surface area contributed by atoms with Gasteiger partial charge in [0.05, 0.1) is 12.1 Å². The van der Waals surface area contributed by atoms with E-state index in [0.29, 0.717) is 11.9 Å². The molecule has 0 bridgehead atoms. The van der Waals surface area contributed by atoms with Gasteiger partial charge in [-0.15, -0.1) is 0 Å². The number of fused-ring (bicyclic) bond motifs is 1. The number of amides is 1. The molecule has 5 nitrogen and oxygen atoms in total. The lowest BCUT2D eigenvalue weighted by Crippen LogP contribution is -2.39. The fraction of sp³-hybridized carbons (Fsp3) is 0.438. The first-order chi connectivity index (χ1) is 10.3. The first-order valence-corrected chi connectivity index (χ1v) is 7.56. The zero-order valence-electron chi connectivity index (χ0n) is 12.0. The number of hydrogen-bond donors (Lipinski definition) is 2. The maximum atomic E-state index is 12.0. The smallest absolute Gasteiger partial charge is 0.239 e. The van der Waals surface area contributed by atoms with E-state index in [2.05, 4.69) is 20.6 Å². The molecule has 21 heavy (non-hydrogen) atoms. The normalized spacial score (nSPS) is 15.8. The van der Waals surface area contributed by atoms with Crippen LogP contribution in [0.1, 0.15) is 32.1 Å². The third-order valence-electron chi connectivity index (χ3n) is 3.93. The van der Waals surface area contributed by atoms with Gasteiger partial charge in [-0.3, -0.25) is 4.79 Å². The predicted molar refractivity (Wildman–Crippen MR) is 83.0 cm³/mol. The Kier molecular flexibility index (Phi) is 4.28. The molecule has 0 saturated heterocycles. The van der Waals surface area contributed by atoms with Crippen molar-refractivity contribution in [3.63, 3.8) is 0 Å². The Balaban J connectivity index is 1.59. The average Bonchev–Trinajstić information content (AvgIpc) is 2.54. The van der Waals surface area contributed by atoms with Gasteiger partial charge in [0.2, 0.25) is 5.91 Å². The molecule has 1 amide bonds. The van der Waals surface area contributed by atoms with Crippen LogP contribution in [0.15, 0.2) is 30.6 Å². The van der Waals surface area contributed by atoms with Crippen molar-refractivity contribution in [3.8, 4) is 0 Å². The molecule has 1 saturated carbocycles. The minimum atomic E-state index is 0.0320. The van der Waals surface area contributed by atoms with E-state index in [-0.39, 0.29) is 12.5 Å². The van der Waals surface area contributed by atoms with Crippen LogP contribution in [0.5, 0.6) is 0 Å². The maximum Gasteiger partial charge on any atom is 0.239 e. The monoisotopic (exact) mass is 284 g/mol. The van der Waals surface area contributed by atoms with Crippen molar-refractivity contribution in [1.29, 1.82) is 0 Å². The van der Waals surface area contributed by atoms with E-state index in [4.69, 9.17) is 0 Å². The number of benzene rings is 1. The molecule has 5 heteroatoms. The minimum absolute atomic E-state index is 0.0320. The van der Waals surface area contributed by atoms with Gasteiger partial charge in [0.25, 0.3) is 0 Å². The Morgan fingerprint density at radius 3 is 2.81 bits per heavy atom. The minimum Gasteiger partial charge on any atom is -0.360 e. The zero-order chi connectivity index (χ0) is 14.5. The van der Waals surface area contributed by atoms with Crippen LogP contribution in [0.3, 0.4) is 0 Å². The lowest BCUT2D eigenvalue weighted by atomic mass is 9.95. The third kappa shape index (κ3) is 3.48. The van der Waals surface area contributed by atoms with Crippen molar-refractivity contribution in [3.05, 3.63) is 30.6 Å². The van der Waals surface area contributed by atoms with Gasteiger partial charge in [-0.25, -0.2) is 9.97 Å². The molecule has 1 aromatic heterocycles. The standard InChI is InChI=1S/C16H20N4O/c21-15(20-12-6-2-1-3-7-12)10-17-16-13-8-4-5-9-14(13)18-11-19-16/h4-5,8-9,11-12H,1-3,6-7,10H2,(H,20,21)(H,17,18,19). The molecule has 0 atom stereocenters. The summed E-state index contributed by atoms with van der Waals surface area (Å²) < 4.78 is 0. The van der Waals surface area contributed by atoms with Crippen molar-refractivity contribution >= 4 is 22.6 Å². The van der Waals surface area contributed by atoms with Crippen LogP contribution in [-0.4, -0.2) is 28.5 Å². The SMILES string of the molecule is O=C(CNc1ncnc2ccccc12)NC1CCCCC1. The van der Waals surface area contributed by atoms with Gasteiger partial charge in [-0.1, -0.05) is 31.4 Å². The summed E-state index contributed by atoms with van der Waals surface area (Å²) in [5, 5.41) is 7.14. The van der Waals surface area contributed by atoms with Crippen molar-refractivity contribution in [1.82, 2.24) is 15.3 Å². The molecule has 0 spiro atoms. The van der Waals surface area contributed by atoms with Crippen molar-refractivity contribution in [2.75, 3.05) is 11.9 Å². The number of para-hydroxylation sites is 1. The first-order valence-electron chi connectivity index (χ1n) is 7.56. The van der Waals surface area contributed by atoms with Gasteiger partial charge in [0.1, 0.15) is 12.1 Å². The molecule has 3 rings (SSSR count). The van der Waals surface area contributed by atoms with Crippen molar-refractivity contribution < 1.29 is 4.79 Å². The fourth-order valence-electron chi connectivity index (χ4n) is 2.84. The molecule has 1 aromatic carbocycles. The van der Waals surface area contributed by atoms with Crippen LogP contribution < -0.4 is 10.6 Å². The molecule has 0 aliphatic heterocycles. The van der Waals surface area contributed by atoms with Gasteiger partial charge in [0, 0.05) is 11.4 Å². The Bertz CT molecular complexity index is 617. The molecule has 2 N–H and O–H groups in total. The van der Waals surface area contributed by atoms with Crippen LogP contribution in [-0.2, 0) is 4.79 Å². The molecule has 1 fully saturated rings. The van der Waals surface area contributed by atoms with E-state index in [1.165, 1.54) is 25.6 Å². The Hall–Kier alpha value is -2.17. The topological polar surface area (TPSA) is 66.9 Å². The number of aromatic nitrogens is 2. The van der Waals surface area contributed by atoms with E-state index in [1.807, 2.05) is 24.3 Å². The van der Waals surface area contributed by atoms with Gasteiger partial charge in [-0.05, 0) is 25.0 Å². The molecule has 2 aromatic rings. The molecule has 1 heterocycles. The van der Waals surface area contributed by atoms with E-state index in [0.717, 1.165) is 23.7 Å². The highest BCUT2D eigenvalue weighted by molar-refractivity contribution is 5.90. The summed E-state index contributed by atoms with van der Waals surface area (Å²) in [6.07, 6.45) is 7.44. The van der Waals surface area contributed by atoms with E-state index < -0.39 is 0 Å². The van der Waals surface area contributed by atoms with E-state index >= 15 is 0 Å². The molecule has 1 aliphatic rings. The van der Waals surface area contributed by atoms with Gasteiger partial charge in [-0.2, -0.15) is 0 Å². The fourth-order valence-corrected chi connectivity index (χ4v) is 2.84. The highest BCUT2D eigenvalue weighted by Crippen LogP contribution is 2.19. The summed E-state index contributed by atoms with van der Waals surface area (Å²) in [6, 6.07) is 8.12. The van der Waals surface area contributed by atoms with Gasteiger partial charge < -0.3 is 10.6 Å². The van der Waals surface area contributed by atoms with Crippen LogP contribution >= 0.6 is 0 Å². The lowest BCUT2D eigenvalue weighted by Gasteiger charge is -2.22. The first kappa shape index (κ1) is 13.8. The quantitative estimate of drug-likeness (QED) is 0.905. The van der Waals surface area contributed by atoms with Crippen molar-refractivity contribution in [2.24, 2.45) is 0 Å². The van der Waals surface area contributed by atoms with Gasteiger partial charge >= 0.3 is 0 Å². The predicted octanol–water partition coefficient (Wildman–Crippen LogP) is 2.49. The maximum absolute atomic E-state index is 12.0. The largest absolute Gasteiger partial charge is 0.360 e. The molecule has 110 valence electrons. The molecular weight excluding hydrogens is 264 g/mol. The highest BCUT2D eigenvalue weighted by atomic mass is 16.1. The molecular formula is C16H20N4O. The zero-order valence-corrected chi connectivity index (χ0v) is 12.0. The van der Waals surface area contributed by atoms with Crippen LogP contribution in [0, 0.1) is 0 Å². The number of carbonyl (C=O) groups excluding carboxylic acids is 1. The number of rotatable bonds is 4. The summed E-state index contributed by atoms with van der Waals surface area (Å²) >= 11 is 0. The summed E-state index contributed by atoms with van der Waals surface area (Å²) in [7, 11) is 0. The number of nitrogens with one attached hydrogen (secondary N) is 2. The summed E-state index contributed by atoms with van der Waals surface area (Å²) in [4.78, 5) is 20.4. The van der Waals surface area contributed by atoms with E-state index in [1.54, 1.807) is 0 Å². The Morgan fingerprint density at radius 2 is 1.95 bits per heavy atom. The summed E-state index contributed by atoms with van der Waals surface area (Å²) in [5.41, 5.74) is 0.877. The molecule has 0 unspecified atom stereocenters. The van der Waals surface area contributed by atoms with E-state index in [9.17, 15) is 4.79 Å². The Labute approximate surface area is 124 Å². The number of nitrogens with zero attached hydrogens (tertiary/aromatic N) is 2. The summed E-state index contributed by atoms with van der Waals surface area (Å²) in [5.74, 6) is 0.740. The summed E-state index contributed by atoms with van der Waals surface area (Å²) in [6.45, 7) is 0.248. The second-order valence-electron chi connectivity index (χ2n) is 5.50. The molecule has 0 radical (unpaired) electrons. The lowest BCUT2D eigenvalue weighted by molar-refractivity contribution is -0.120. The van der Waals surface area contributed by atoms with Crippen LogP contribution in [0.2, 0.25) is 0 Å². The van der Waals surface area contributed by atoms with Gasteiger partial charge in [0.15, 0.2) is 0 Å². The number of hydrogen-bond acceptors (Lipinski definition) is 4.